The molecule has 0 unspecified atom stereocenters. The van der Waals surface area contributed by atoms with Gasteiger partial charge in [0, 0.05) is 67.4 Å². The number of rotatable bonds is 2. The van der Waals surface area contributed by atoms with E-state index in [0.717, 1.165) is 44.6 Å². The average Bonchev–Trinajstić information content (AvgIpc) is 3.16. The topological polar surface area (TPSA) is 77.3 Å². The molecule has 6 aromatic heterocycles. The van der Waals surface area contributed by atoms with Crippen LogP contribution in [0.4, 0.5) is 0 Å². The molecule has 6 nitrogen and oxygen atoms in total. The molecule has 226 valence electrons. The number of fused-ring (bicyclic) bond motifs is 7. The van der Waals surface area contributed by atoms with E-state index in [-0.39, 0.29) is 19.5 Å². The molecule has 7 heteroatoms. The van der Waals surface area contributed by atoms with Gasteiger partial charge in [-0.1, -0.05) is 60.7 Å². The normalized spacial score (nSPS) is 10.4. The molecule has 0 bridgehead atoms. The van der Waals surface area contributed by atoms with Gasteiger partial charge in [-0.15, -0.1) is 0 Å². The Hall–Kier alpha value is -5.78. The average molecular weight is 694 g/mol. The Kier molecular flexibility index (Phi) is 9.96. The molecule has 9 rings (SSSR count). The Labute approximate surface area is 285 Å². The van der Waals surface area contributed by atoms with E-state index in [9.17, 15) is 0 Å². The van der Waals surface area contributed by atoms with Crippen LogP contribution in [0.3, 0.4) is 0 Å². The van der Waals surface area contributed by atoms with Crippen molar-refractivity contribution in [2.24, 2.45) is 0 Å². The second-order valence-electron chi connectivity index (χ2n) is 10.4. The molecule has 0 aliphatic carbocycles. The largest absolute Gasteiger partial charge is 0.255 e. The van der Waals surface area contributed by atoms with Crippen molar-refractivity contribution < 1.29 is 19.5 Å². The van der Waals surface area contributed by atoms with Gasteiger partial charge in [0.2, 0.25) is 0 Å². The zero-order valence-corrected chi connectivity index (χ0v) is 26.9. The Morgan fingerprint density at radius 3 is 0.915 bits per heavy atom. The third-order valence-corrected chi connectivity index (χ3v) is 7.49. The summed E-state index contributed by atoms with van der Waals surface area (Å²) in [5.74, 6) is 0. The summed E-state index contributed by atoms with van der Waals surface area (Å²) in [7, 11) is 0. The molecule has 0 saturated carbocycles. The van der Waals surface area contributed by atoms with Gasteiger partial charge in [0.05, 0.1) is 33.8 Å². The van der Waals surface area contributed by atoms with E-state index in [0.29, 0.717) is 0 Å². The molecule has 0 N–H and O–H groups in total. The van der Waals surface area contributed by atoms with Crippen molar-refractivity contribution in [3.8, 4) is 22.8 Å². The molecule has 47 heavy (non-hydrogen) atoms. The van der Waals surface area contributed by atoms with E-state index in [2.05, 4.69) is 78.4 Å². The van der Waals surface area contributed by atoms with Gasteiger partial charge in [0.25, 0.3) is 0 Å². The molecule has 3 aromatic carbocycles. The van der Waals surface area contributed by atoms with Crippen LogP contribution < -0.4 is 0 Å². The minimum absolute atomic E-state index is 0. The summed E-state index contributed by atoms with van der Waals surface area (Å²) < 4.78 is 0. The predicted octanol–water partition coefficient (Wildman–Crippen LogP) is 9.37. The summed E-state index contributed by atoms with van der Waals surface area (Å²) in [5.41, 5.74) is 5.61. The fourth-order valence-electron chi connectivity index (χ4n) is 5.37. The second-order valence-corrected chi connectivity index (χ2v) is 10.4. The van der Waals surface area contributed by atoms with Crippen LogP contribution in [0.2, 0.25) is 0 Å². The van der Waals surface area contributed by atoms with Crippen molar-refractivity contribution >= 4 is 43.4 Å². The molecule has 0 fully saturated rings. The molecular weight excluding hydrogens is 666 g/mol. The van der Waals surface area contributed by atoms with E-state index in [1.807, 2.05) is 97.3 Å². The number of hydrogen-bond donors (Lipinski definition) is 0. The number of pyridine rings is 6. The van der Waals surface area contributed by atoms with Crippen molar-refractivity contribution in [1.29, 1.82) is 0 Å². The first-order valence-electron chi connectivity index (χ1n) is 14.9. The van der Waals surface area contributed by atoms with Gasteiger partial charge >= 0.3 is 0 Å². The molecular formula is C40H28N6Ru. The maximum Gasteiger partial charge on any atom is 0.0970 e. The van der Waals surface area contributed by atoms with Gasteiger partial charge in [-0.05, 0) is 94.3 Å². The summed E-state index contributed by atoms with van der Waals surface area (Å²) in [6.45, 7) is 0. The monoisotopic (exact) mass is 694 g/mol. The zero-order valence-electron chi connectivity index (χ0n) is 25.2. The van der Waals surface area contributed by atoms with Crippen LogP contribution in [-0.4, -0.2) is 29.9 Å². The van der Waals surface area contributed by atoms with Crippen LogP contribution in [0.1, 0.15) is 0 Å². The maximum atomic E-state index is 4.58. The maximum absolute atomic E-state index is 4.58. The van der Waals surface area contributed by atoms with Gasteiger partial charge < -0.3 is 0 Å². The van der Waals surface area contributed by atoms with Crippen molar-refractivity contribution in [2.75, 3.05) is 0 Å². The van der Waals surface area contributed by atoms with Gasteiger partial charge in [0.15, 0.2) is 0 Å². The van der Waals surface area contributed by atoms with Gasteiger partial charge in [-0.25, -0.2) is 0 Å². The van der Waals surface area contributed by atoms with E-state index < -0.39 is 0 Å². The second kappa shape index (κ2) is 15.0. The van der Waals surface area contributed by atoms with E-state index in [1.54, 1.807) is 24.8 Å². The zero-order chi connectivity index (χ0) is 31.0. The van der Waals surface area contributed by atoms with Crippen molar-refractivity contribution in [1.82, 2.24) is 29.9 Å². The van der Waals surface area contributed by atoms with Crippen LogP contribution >= 0.6 is 0 Å². The summed E-state index contributed by atoms with van der Waals surface area (Å²) in [5, 5.41) is 7.31. The number of hydrogen-bond acceptors (Lipinski definition) is 6. The fourth-order valence-corrected chi connectivity index (χ4v) is 5.37. The predicted molar refractivity (Wildman–Crippen MR) is 187 cm³/mol. The van der Waals surface area contributed by atoms with Crippen LogP contribution in [0.25, 0.3) is 66.1 Å². The smallest absolute Gasteiger partial charge is 0.0970 e. The Bertz CT molecular complexity index is 2110. The molecule has 0 aliphatic rings. The van der Waals surface area contributed by atoms with E-state index >= 15 is 0 Å². The molecule has 6 heterocycles. The quantitative estimate of drug-likeness (QED) is 0.102. The Balaban J connectivity index is 0.000000132. The molecule has 0 radical (unpaired) electrons. The number of aromatic nitrogens is 6. The molecule has 0 spiro atoms. The minimum atomic E-state index is 0. The third-order valence-electron chi connectivity index (χ3n) is 7.49. The van der Waals surface area contributed by atoms with Crippen molar-refractivity contribution in [2.45, 2.75) is 0 Å². The first kappa shape index (κ1) is 31.2. The Morgan fingerprint density at radius 1 is 0.277 bits per heavy atom. The summed E-state index contributed by atoms with van der Waals surface area (Å²) >= 11 is 0. The SMILES string of the molecule is [Ru].c1ccc(-c2ccccn2)nc1.c1ccc(-c2ccccn2)nc1.c1ccc2cc3c(cc2c1)c1cccnc1c1ncccc31. The number of nitrogens with zero attached hydrogens (tertiary/aromatic N) is 6. The van der Waals surface area contributed by atoms with E-state index in [4.69, 9.17) is 0 Å². The van der Waals surface area contributed by atoms with Gasteiger partial charge in [-0.3, -0.25) is 29.9 Å². The van der Waals surface area contributed by atoms with Crippen LogP contribution in [0.15, 0.2) is 171 Å². The standard InChI is InChI=1S/C20H12N2.2C10H8N2.Ru/c1-2-6-14-12-18-16-8-4-10-22-20(16)19-15(7-3-9-21-19)17(18)11-13(14)5-1;2*1-3-7-11-9(5-1)10-6-2-4-8-12-10;/h1-12H;2*1-8H;. The molecule has 0 aliphatic heterocycles. The summed E-state index contributed by atoms with van der Waals surface area (Å²) in [6.07, 6.45) is 10.7. The van der Waals surface area contributed by atoms with Crippen molar-refractivity contribution in [3.05, 3.63) is 171 Å². The van der Waals surface area contributed by atoms with Gasteiger partial charge in [-0.2, -0.15) is 0 Å². The molecule has 0 saturated heterocycles. The molecule has 0 amide bonds. The van der Waals surface area contributed by atoms with Crippen molar-refractivity contribution in [3.63, 3.8) is 0 Å². The van der Waals surface area contributed by atoms with E-state index in [1.165, 1.54) is 21.5 Å². The van der Waals surface area contributed by atoms with Crippen LogP contribution in [0, 0.1) is 0 Å². The number of benzene rings is 3. The minimum Gasteiger partial charge on any atom is -0.255 e. The molecule has 9 aromatic rings. The van der Waals surface area contributed by atoms with Crippen LogP contribution in [0.5, 0.6) is 0 Å². The first-order chi connectivity index (χ1) is 22.8. The Morgan fingerprint density at radius 2 is 0.596 bits per heavy atom. The summed E-state index contributed by atoms with van der Waals surface area (Å²) in [6, 6.07) is 44.4. The third kappa shape index (κ3) is 7.06. The summed E-state index contributed by atoms with van der Waals surface area (Å²) in [4.78, 5) is 25.9. The van der Waals surface area contributed by atoms with Crippen LogP contribution in [-0.2, 0) is 19.5 Å². The fraction of sp³-hybridized carbons (Fsp3) is 0. The molecule has 0 atom stereocenters. The first-order valence-corrected chi connectivity index (χ1v) is 14.9. The van der Waals surface area contributed by atoms with Gasteiger partial charge in [0.1, 0.15) is 0 Å².